The smallest absolute Gasteiger partial charge is 0.382 e. The summed E-state index contributed by atoms with van der Waals surface area (Å²) in [6, 6.07) is 5.77. The van der Waals surface area contributed by atoms with Gasteiger partial charge in [0.05, 0.1) is 5.56 Å². The maximum atomic E-state index is 13.0. The molecule has 1 unspecified atom stereocenters. The van der Waals surface area contributed by atoms with Crippen LogP contribution < -0.4 is 5.32 Å². The Labute approximate surface area is 124 Å². The van der Waals surface area contributed by atoms with E-state index in [1.807, 2.05) is 6.92 Å². The van der Waals surface area contributed by atoms with E-state index in [0.29, 0.717) is 5.92 Å². The Hall–Kier alpha value is -1.23. The monoisotopic (exact) mass is 300 g/mol. The van der Waals surface area contributed by atoms with Gasteiger partial charge in [0.25, 0.3) is 0 Å². The van der Waals surface area contributed by atoms with Crippen molar-refractivity contribution in [2.75, 3.05) is 25.0 Å². The summed E-state index contributed by atoms with van der Waals surface area (Å²) in [7, 11) is 0. The fourth-order valence-electron chi connectivity index (χ4n) is 2.99. The first-order valence-electron chi connectivity index (χ1n) is 7.57. The van der Waals surface area contributed by atoms with Crippen molar-refractivity contribution in [2.24, 2.45) is 5.92 Å². The predicted molar refractivity (Wildman–Crippen MR) is 79.4 cm³/mol. The summed E-state index contributed by atoms with van der Waals surface area (Å²) in [5.41, 5.74) is -0.390. The molecule has 5 heteroatoms. The third kappa shape index (κ3) is 4.13. The normalized spacial score (nSPS) is 19.5. The molecule has 1 aromatic carbocycles. The molecule has 1 aliphatic rings. The van der Waals surface area contributed by atoms with E-state index in [9.17, 15) is 13.2 Å². The molecule has 1 saturated heterocycles. The maximum Gasteiger partial charge on any atom is 0.418 e. The van der Waals surface area contributed by atoms with Gasteiger partial charge in [0.15, 0.2) is 0 Å². The van der Waals surface area contributed by atoms with Crippen molar-refractivity contribution in [1.29, 1.82) is 0 Å². The number of halogens is 3. The van der Waals surface area contributed by atoms with E-state index in [2.05, 4.69) is 17.1 Å². The van der Waals surface area contributed by atoms with Crippen molar-refractivity contribution in [3.8, 4) is 0 Å². The van der Waals surface area contributed by atoms with E-state index in [4.69, 9.17) is 0 Å². The lowest BCUT2D eigenvalue weighted by Gasteiger charge is -2.35. The van der Waals surface area contributed by atoms with Gasteiger partial charge in [-0.15, -0.1) is 0 Å². The lowest BCUT2D eigenvalue weighted by Crippen LogP contribution is -2.39. The van der Waals surface area contributed by atoms with Crippen LogP contribution in [0.3, 0.4) is 0 Å². The Balaban J connectivity index is 2.02. The first-order chi connectivity index (χ1) is 9.91. The van der Waals surface area contributed by atoms with Crippen LogP contribution in [0.4, 0.5) is 18.9 Å². The van der Waals surface area contributed by atoms with E-state index >= 15 is 0 Å². The summed E-state index contributed by atoms with van der Waals surface area (Å²) in [5, 5.41) is 3.08. The number of para-hydroxylation sites is 1. The Kier molecular flexibility index (Phi) is 5.14. The largest absolute Gasteiger partial charge is 0.418 e. The van der Waals surface area contributed by atoms with Crippen LogP contribution in [0.2, 0.25) is 0 Å². The van der Waals surface area contributed by atoms with Gasteiger partial charge in [-0.3, -0.25) is 0 Å². The van der Waals surface area contributed by atoms with Gasteiger partial charge in [-0.05, 0) is 57.5 Å². The van der Waals surface area contributed by atoms with E-state index in [1.165, 1.54) is 12.1 Å². The standard InChI is InChI=1S/C16H23F3N2/c1-3-21-10-8-13(9-11-21)12(2)20-15-7-5-4-6-14(15)16(17,18)19/h4-7,12-13,20H,3,8-11H2,1-2H3. The second-order valence-electron chi connectivity index (χ2n) is 5.75. The highest BCUT2D eigenvalue weighted by molar-refractivity contribution is 5.53. The minimum Gasteiger partial charge on any atom is -0.382 e. The molecule has 0 bridgehead atoms. The minimum absolute atomic E-state index is 0.0486. The predicted octanol–water partition coefficient (Wildman–Crippen LogP) is 4.24. The number of benzene rings is 1. The molecule has 1 aromatic rings. The second-order valence-corrected chi connectivity index (χ2v) is 5.75. The first kappa shape index (κ1) is 16.1. The molecular formula is C16H23F3N2. The molecule has 2 rings (SSSR count). The third-order valence-corrected chi connectivity index (χ3v) is 4.40. The van der Waals surface area contributed by atoms with Crippen LogP contribution in [0, 0.1) is 5.92 Å². The molecule has 0 saturated carbocycles. The number of piperidine rings is 1. The fourth-order valence-corrected chi connectivity index (χ4v) is 2.99. The van der Waals surface area contributed by atoms with Crippen molar-refractivity contribution in [1.82, 2.24) is 4.90 Å². The molecule has 0 radical (unpaired) electrons. The van der Waals surface area contributed by atoms with E-state index in [0.717, 1.165) is 38.5 Å². The molecular weight excluding hydrogens is 277 g/mol. The van der Waals surface area contributed by atoms with Crippen LogP contribution in [0.1, 0.15) is 32.3 Å². The van der Waals surface area contributed by atoms with Crippen LogP contribution in [-0.4, -0.2) is 30.6 Å². The zero-order valence-electron chi connectivity index (χ0n) is 12.6. The summed E-state index contributed by atoms with van der Waals surface area (Å²) in [5.74, 6) is 0.425. The lowest BCUT2D eigenvalue weighted by molar-refractivity contribution is -0.137. The van der Waals surface area contributed by atoms with Crippen molar-refractivity contribution in [2.45, 2.75) is 38.9 Å². The van der Waals surface area contributed by atoms with Crippen LogP contribution in [-0.2, 0) is 6.18 Å². The first-order valence-corrected chi connectivity index (χ1v) is 7.57. The summed E-state index contributed by atoms with van der Waals surface area (Å²) in [6.45, 7) is 7.24. The van der Waals surface area contributed by atoms with Gasteiger partial charge >= 0.3 is 6.18 Å². The summed E-state index contributed by atoms with van der Waals surface area (Å²) in [4.78, 5) is 2.38. The number of alkyl halides is 3. The Morgan fingerprint density at radius 1 is 1.24 bits per heavy atom. The van der Waals surface area contributed by atoms with Crippen molar-refractivity contribution in [3.05, 3.63) is 29.8 Å². The SMILES string of the molecule is CCN1CCC(C(C)Nc2ccccc2C(F)(F)F)CC1. The van der Waals surface area contributed by atoms with Gasteiger partial charge in [-0.25, -0.2) is 0 Å². The molecule has 0 aromatic heterocycles. The highest BCUT2D eigenvalue weighted by atomic mass is 19.4. The van der Waals surface area contributed by atoms with Gasteiger partial charge < -0.3 is 10.2 Å². The molecule has 1 heterocycles. The summed E-state index contributed by atoms with van der Waals surface area (Å²) < 4.78 is 39.0. The fraction of sp³-hybridized carbons (Fsp3) is 0.625. The molecule has 118 valence electrons. The van der Waals surface area contributed by atoms with Crippen LogP contribution in [0.15, 0.2) is 24.3 Å². The topological polar surface area (TPSA) is 15.3 Å². The van der Waals surface area contributed by atoms with Gasteiger partial charge in [-0.2, -0.15) is 13.2 Å². The molecule has 0 aliphatic carbocycles. The lowest BCUT2D eigenvalue weighted by atomic mass is 9.90. The van der Waals surface area contributed by atoms with Crippen molar-refractivity contribution < 1.29 is 13.2 Å². The van der Waals surface area contributed by atoms with E-state index in [1.54, 1.807) is 6.07 Å². The van der Waals surface area contributed by atoms with E-state index in [-0.39, 0.29) is 11.7 Å². The van der Waals surface area contributed by atoms with Crippen LogP contribution in [0.25, 0.3) is 0 Å². The quantitative estimate of drug-likeness (QED) is 0.895. The van der Waals surface area contributed by atoms with Crippen LogP contribution >= 0.6 is 0 Å². The Morgan fingerprint density at radius 3 is 2.43 bits per heavy atom. The minimum atomic E-state index is -4.31. The Bertz CT molecular complexity index is 451. The molecule has 1 aliphatic heterocycles. The van der Waals surface area contributed by atoms with Gasteiger partial charge in [-0.1, -0.05) is 19.1 Å². The number of likely N-dealkylation sites (tertiary alicyclic amines) is 1. The van der Waals surface area contributed by atoms with Gasteiger partial charge in [0.1, 0.15) is 0 Å². The maximum absolute atomic E-state index is 13.0. The molecule has 0 spiro atoms. The molecule has 0 amide bonds. The van der Waals surface area contributed by atoms with E-state index < -0.39 is 11.7 Å². The van der Waals surface area contributed by atoms with Gasteiger partial charge in [0.2, 0.25) is 0 Å². The molecule has 1 N–H and O–H groups in total. The average molecular weight is 300 g/mol. The highest BCUT2D eigenvalue weighted by Gasteiger charge is 2.34. The summed E-state index contributed by atoms with van der Waals surface area (Å²) in [6.07, 6.45) is -2.23. The zero-order chi connectivity index (χ0) is 15.5. The third-order valence-electron chi connectivity index (χ3n) is 4.40. The Morgan fingerprint density at radius 2 is 1.86 bits per heavy atom. The molecule has 1 fully saturated rings. The van der Waals surface area contributed by atoms with Crippen molar-refractivity contribution >= 4 is 5.69 Å². The number of anilines is 1. The number of hydrogen-bond donors (Lipinski definition) is 1. The van der Waals surface area contributed by atoms with Gasteiger partial charge in [0, 0.05) is 11.7 Å². The zero-order valence-corrected chi connectivity index (χ0v) is 12.6. The van der Waals surface area contributed by atoms with Crippen LogP contribution in [0.5, 0.6) is 0 Å². The molecule has 2 nitrogen and oxygen atoms in total. The second kappa shape index (κ2) is 6.69. The van der Waals surface area contributed by atoms with Crippen molar-refractivity contribution in [3.63, 3.8) is 0 Å². The molecule has 1 atom stereocenters. The number of hydrogen-bond acceptors (Lipinski definition) is 2. The number of nitrogens with one attached hydrogen (secondary N) is 1. The summed E-state index contributed by atoms with van der Waals surface area (Å²) >= 11 is 0. The number of nitrogens with zero attached hydrogens (tertiary/aromatic N) is 1. The highest BCUT2D eigenvalue weighted by Crippen LogP contribution is 2.35. The number of rotatable bonds is 4. The average Bonchev–Trinajstić information content (AvgIpc) is 2.47. The molecule has 21 heavy (non-hydrogen) atoms.